The summed E-state index contributed by atoms with van der Waals surface area (Å²) >= 11 is 0. The highest BCUT2D eigenvalue weighted by Gasteiger charge is 2.14. The molecule has 2 aromatic heterocycles. The third-order valence-corrected chi connectivity index (χ3v) is 3.95. The van der Waals surface area contributed by atoms with Crippen LogP contribution in [0.3, 0.4) is 0 Å². The smallest absolute Gasteiger partial charge is 0.317 e. The van der Waals surface area contributed by atoms with Gasteiger partial charge in [0.2, 0.25) is 5.89 Å². The molecule has 3 aromatic rings. The molecule has 0 aliphatic rings. The Morgan fingerprint density at radius 2 is 2.19 bits per heavy atom. The molecule has 8 nitrogen and oxygen atoms in total. The number of hydrogen-bond donors (Lipinski definition) is 2. The zero-order valence-electron chi connectivity index (χ0n) is 15.6. The summed E-state index contributed by atoms with van der Waals surface area (Å²) in [5.41, 5.74) is 1.34. The fourth-order valence-corrected chi connectivity index (χ4v) is 2.65. The van der Waals surface area contributed by atoms with Crippen molar-refractivity contribution in [1.82, 2.24) is 30.3 Å². The minimum atomic E-state index is -0.315. The van der Waals surface area contributed by atoms with Gasteiger partial charge >= 0.3 is 6.03 Å². The van der Waals surface area contributed by atoms with Gasteiger partial charge in [-0.25, -0.2) is 14.2 Å². The Morgan fingerprint density at radius 1 is 1.37 bits per heavy atom. The van der Waals surface area contributed by atoms with Crippen molar-refractivity contribution in [2.45, 2.75) is 33.2 Å². The van der Waals surface area contributed by atoms with Gasteiger partial charge < -0.3 is 19.7 Å². The minimum Gasteiger partial charge on any atom is -0.342 e. The predicted octanol–water partition coefficient (Wildman–Crippen LogP) is 2.67. The standard InChI is InChI=1S/C18H23FN6O2/c1-11(2)8-16-23-17(27-24-16)10-25(3)18(26)20-7-6-15-21-13-5-4-12(19)9-14(13)22-15/h4-5,9,11H,6-8,10H2,1-3H3,(H,20,26)(H,21,22). The second-order valence-corrected chi connectivity index (χ2v) is 6.89. The monoisotopic (exact) mass is 374 g/mol. The van der Waals surface area contributed by atoms with Gasteiger partial charge in [0.1, 0.15) is 18.2 Å². The second-order valence-electron chi connectivity index (χ2n) is 6.89. The molecule has 0 bridgehead atoms. The molecule has 0 unspecified atom stereocenters. The molecule has 0 atom stereocenters. The van der Waals surface area contributed by atoms with Crippen molar-refractivity contribution in [3.8, 4) is 0 Å². The van der Waals surface area contributed by atoms with Gasteiger partial charge in [0.05, 0.1) is 11.0 Å². The van der Waals surface area contributed by atoms with E-state index in [1.165, 1.54) is 17.0 Å². The first-order valence-electron chi connectivity index (χ1n) is 8.85. The molecular formula is C18H23FN6O2. The number of carbonyl (C=O) groups excluding carboxylic acids is 1. The van der Waals surface area contributed by atoms with Crippen LogP contribution >= 0.6 is 0 Å². The van der Waals surface area contributed by atoms with Crippen molar-refractivity contribution in [2.75, 3.05) is 13.6 Å². The number of carbonyl (C=O) groups is 1. The SMILES string of the molecule is CC(C)Cc1noc(CN(C)C(=O)NCCc2nc3ccc(F)cc3[nH]2)n1. The molecule has 0 fully saturated rings. The fraction of sp³-hybridized carbons (Fsp3) is 0.444. The Morgan fingerprint density at radius 3 is 2.96 bits per heavy atom. The molecule has 2 amide bonds. The van der Waals surface area contributed by atoms with E-state index in [2.05, 4.69) is 39.3 Å². The van der Waals surface area contributed by atoms with Gasteiger partial charge in [-0.15, -0.1) is 0 Å². The summed E-state index contributed by atoms with van der Waals surface area (Å²) in [6.45, 7) is 4.79. The van der Waals surface area contributed by atoms with E-state index in [9.17, 15) is 9.18 Å². The van der Waals surface area contributed by atoms with Crippen LogP contribution in [-0.4, -0.2) is 44.6 Å². The van der Waals surface area contributed by atoms with E-state index in [-0.39, 0.29) is 18.4 Å². The van der Waals surface area contributed by atoms with Crippen molar-refractivity contribution in [3.05, 3.63) is 41.6 Å². The van der Waals surface area contributed by atoms with E-state index in [1.54, 1.807) is 13.1 Å². The normalized spacial score (nSPS) is 11.3. The molecular weight excluding hydrogens is 351 g/mol. The fourth-order valence-electron chi connectivity index (χ4n) is 2.65. The van der Waals surface area contributed by atoms with Crippen LogP contribution in [0.15, 0.2) is 22.7 Å². The summed E-state index contributed by atoms with van der Waals surface area (Å²) in [4.78, 5) is 25.4. The number of benzene rings is 1. The third-order valence-electron chi connectivity index (χ3n) is 3.95. The lowest BCUT2D eigenvalue weighted by atomic mass is 10.1. The zero-order chi connectivity index (χ0) is 19.4. The Hall–Kier alpha value is -2.97. The van der Waals surface area contributed by atoms with Crippen molar-refractivity contribution < 1.29 is 13.7 Å². The largest absolute Gasteiger partial charge is 0.342 e. The number of hydrogen-bond acceptors (Lipinski definition) is 5. The molecule has 0 aliphatic carbocycles. The number of halogens is 1. The van der Waals surface area contributed by atoms with Crippen molar-refractivity contribution >= 4 is 17.1 Å². The van der Waals surface area contributed by atoms with Crippen LogP contribution in [0.2, 0.25) is 0 Å². The van der Waals surface area contributed by atoms with Crippen LogP contribution in [0.1, 0.15) is 31.4 Å². The summed E-state index contributed by atoms with van der Waals surface area (Å²) < 4.78 is 18.4. The van der Waals surface area contributed by atoms with Crippen molar-refractivity contribution in [1.29, 1.82) is 0 Å². The molecule has 9 heteroatoms. The number of nitrogens with one attached hydrogen (secondary N) is 2. The first-order chi connectivity index (χ1) is 12.9. The number of fused-ring (bicyclic) bond motifs is 1. The van der Waals surface area contributed by atoms with E-state index < -0.39 is 0 Å². The molecule has 1 aromatic carbocycles. The summed E-state index contributed by atoms with van der Waals surface area (Å²) in [5.74, 6) is 1.86. The summed E-state index contributed by atoms with van der Waals surface area (Å²) in [7, 11) is 1.66. The first kappa shape index (κ1) is 18.8. The van der Waals surface area contributed by atoms with Crippen LogP contribution < -0.4 is 5.32 Å². The number of imidazole rings is 1. The van der Waals surface area contributed by atoms with Crippen molar-refractivity contribution in [2.24, 2.45) is 5.92 Å². The lowest BCUT2D eigenvalue weighted by Gasteiger charge is -2.15. The van der Waals surface area contributed by atoms with Gasteiger partial charge in [-0.2, -0.15) is 4.98 Å². The maximum atomic E-state index is 13.2. The van der Waals surface area contributed by atoms with Gasteiger partial charge in [-0.3, -0.25) is 0 Å². The Balaban J connectivity index is 1.47. The molecule has 0 aliphatic heterocycles. The highest BCUT2D eigenvalue weighted by atomic mass is 19.1. The number of nitrogens with zero attached hydrogens (tertiary/aromatic N) is 4. The van der Waals surface area contributed by atoms with Crippen LogP contribution in [0.5, 0.6) is 0 Å². The van der Waals surface area contributed by atoms with Gasteiger partial charge in [0.15, 0.2) is 5.82 Å². The number of amides is 2. The Kier molecular flexibility index (Phi) is 5.68. The molecule has 2 N–H and O–H groups in total. The quantitative estimate of drug-likeness (QED) is 0.662. The highest BCUT2D eigenvalue weighted by molar-refractivity contribution is 5.75. The number of urea groups is 1. The van der Waals surface area contributed by atoms with E-state index in [1.807, 2.05) is 0 Å². The Labute approximate surface area is 156 Å². The molecule has 27 heavy (non-hydrogen) atoms. The zero-order valence-corrected chi connectivity index (χ0v) is 15.6. The van der Waals surface area contributed by atoms with Gasteiger partial charge in [-0.1, -0.05) is 19.0 Å². The summed E-state index contributed by atoms with van der Waals surface area (Å²) in [6, 6.07) is 4.14. The molecule has 0 saturated carbocycles. The third kappa shape index (κ3) is 5.02. The Bertz CT molecular complexity index is 920. The summed E-state index contributed by atoms with van der Waals surface area (Å²) in [5, 5.41) is 6.72. The van der Waals surface area contributed by atoms with E-state index in [0.29, 0.717) is 47.5 Å². The average Bonchev–Trinajstić information content (AvgIpc) is 3.20. The second kappa shape index (κ2) is 8.15. The van der Waals surface area contributed by atoms with Gasteiger partial charge in [-0.05, 0) is 24.1 Å². The molecule has 144 valence electrons. The van der Waals surface area contributed by atoms with Crippen LogP contribution in [-0.2, 0) is 19.4 Å². The van der Waals surface area contributed by atoms with Crippen LogP contribution in [0, 0.1) is 11.7 Å². The van der Waals surface area contributed by atoms with E-state index >= 15 is 0 Å². The average molecular weight is 374 g/mol. The molecule has 2 heterocycles. The van der Waals surface area contributed by atoms with Crippen molar-refractivity contribution in [3.63, 3.8) is 0 Å². The number of aromatic amines is 1. The summed E-state index contributed by atoms with van der Waals surface area (Å²) in [6.07, 6.45) is 1.25. The van der Waals surface area contributed by atoms with Crippen LogP contribution in [0.4, 0.5) is 9.18 Å². The lowest BCUT2D eigenvalue weighted by molar-refractivity contribution is 0.199. The molecule has 0 spiro atoms. The van der Waals surface area contributed by atoms with Gasteiger partial charge in [0, 0.05) is 26.4 Å². The van der Waals surface area contributed by atoms with E-state index in [4.69, 9.17) is 4.52 Å². The molecule has 0 radical (unpaired) electrons. The maximum Gasteiger partial charge on any atom is 0.317 e. The predicted molar refractivity (Wildman–Crippen MR) is 97.5 cm³/mol. The molecule has 0 saturated heterocycles. The van der Waals surface area contributed by atoms with Crippen LogP contribution in [0.25, 0.3) is 11.0 Å². The molecule has 3 rings (SSSR count). The number of H-pyrrole nitrogens is 1. The lowest BCUT2D eigenvalue weighted by Crippen LogP contribution is -2.37. The topological polar surface area (TPSA) is 99.9 Å². The maximum absolute atomic E-state index is 13.2. The number of rotatable bonds is 7. The van der Waals surface area contributed by atoms with E-state index in [0.717, 1.165) is 6.42 Å². The van der Waals surface area contributed by atoms with Gasteiger partial charge in [0.25, 0.3) is 0 Å². The minimum absolute atomic E-state index is 0.237. The highest BCUT2D eigenvalue weighted by Crippen LogP contribution is 2.13. The number of aromatic nitrogens is 4. The first-order valence-corrected chi connectivity index (χ1v) is 8.85.